The predicted octanol–water partition coefficient (Wildman–Crippen LogP) is 4.53. The molecular weight excluding hydrogens is 359 g/mol. The molecule has 0 heterocycles. The van der Waals surface area contributed by atoms with Crippen LogP contribution in [0.4, 0.5) is 0 Å². The molecule has 0 bridgehead atoms. The summed E-state index contributed by atoms with van der Waals surface area (Å²) in [5, 5.41) is 17.7. The Morgan fingerprint density at radius 3 is 2.10 bits per heavy atom. The Kier molecular flexibility index (Phi) is 11.6. The van der Waals surface area contributed by atoms with Crippen molar-refractivity contribution in [3.05, 3.63) is 29.3 Å². The first-order chi connectivity index (χ1) is 9.54. The van der Waals surface area contributed by atoms with E-state index in [2.05, 4.69) is 13.8 Å². The van der Waals surface area contributed by atoms with Crippen LogP contribution in [0.25, 0.3) is 0 Å². The molecule has 0 saturated heterocycles. The van der Waals surface area contributed by atoms with E-state index in [0.717, 1.165) is 0 Å². The first-order valence-corrected chi connectivity index (χ1v) is 11.3. The molecule has 20 heavy (non-hydrogen) atoms. The van der Waals surface area contributed by atoms with Crippen LogP contribution in [0.2, 0.25) is 8.87 Å². The second kappa shape index (κ2) is 12.1. The zero-order chi connectivity index (χ0) is 15.4. The maximum absolute atomic E-state index is 10.4. The first-order valence-electron chi connectivity index (χ1n) is 7.27. The monoisotopic (exact) mass is 386 g/mol. The number of carbonyl (C=O) groups is 1. The molecule has 4 heteroatoms. The quantitative estimate of drug-likeness (QED) is 0.536. The predicted molar refractivity (Wildman–Crippen MR) is 85.0 cm³/mol. The van der Waals surface area contributed by atoms with E-state index in [1.807, 2.05) is 0 Å². The van der Waals surface area contributed by atoms with Crippen molar-refractivity contribution < 1.29 is 15.0 Å². The van der Waals surface area contributed by atoms with Crippen LogP contribution in [-0.2, 0) is 0 Å². The molecule has 0 fully saturated rings. The Hall–Kier alpha value is -0.711. The molecule has 0 amide bonds. The van der Waals surface area contributed by atoms with Crippen molar-refractivity contribution in [2.75, 3.05) is 0 Å². The van der Waals surface area contributed by atoms with E-state index in [1.54, 1.807) is 27.9 Å². The van der Waals surface area contributed by atoms with Crippen molar-refractivity contribution in [3.8, 4) is 5.75 Å². The van der Waals surface area contributed by atoms with Crippen LogP contribution in [0.5, 0.6) is 5.75 Å². The van der Waals surface area contributed by atoms with Gasteiger partial charge in [-0.3, -0.25) is 0 Å². The molecule has 0 aromatic heterocycles. The fourth-order valence-corrected chi connectivity index (χ4v) is 5.72. The van der Waals surface area contributed by atoms with Gasteiger partial charge in [0.2, 0.25) is 0 Å². The third kappa shape index (κ3) is 8.46. The molecular formula is C16H26O3Sn. The second-order valence-electron chi connectivity index (χ2n) is 4.73. The standard InChI is InChI=1S/C8H8O3.2C4H9.Sn/c1-5-3-2-4-6(7(5)9)8(10)11;2*1-3-4-2;/h2-4,9H,1H3,(H,10,11);2*1,3-4H2,2H3;. The van der Waals surface area contributed by atoms with E-state index >= 15 is 0 Å². The number of carboxylic acid groups (broad SMARTS) is 1. The minimum absolute atomic E-state index is 0.0509. The van der Waals surface area contributed by atoms with Crippen molar-refractivity contribution >= 4 is 27.1 Å². The second-order valence-corrected chi connectivity index (χ2v) is 9.01. The average molecular weight is 385 g/mol. The fraction of sp³-hybridized carbons (Fsp3) is 0.562. The van der Waals surface area contributed by atoms with Crippen molar-refractivity contribution in [2.24, 2.45) is 0 Å². The summed E-state index contributed by atoms with van der Waals surface area (Å²) in [6.07, 6.45) is 5.84. The van der Waals surface area contributed by atoms with E-state index in [4.69, 9.17) is 5.11 Å². The summed E-state index contributed by atoms with van der Waals surface area (Å²) in [6.45, 7) is 6.24. The smallest absolute Gasteiger partial charge is 0.339 e. The van der Waals surface area contributed by atoms with Gasteiger partial charge in [0.25, 0.3) is 0 Å². The van der Waals surface area contributed by atoms with Crippen molar-refractivity contribution in [2.45, 2.75) is 55.3 Å². The van der Waals surface area contributed by atoms with Crippen LogP contribution in [0.1, 0.15) is 55.5 Å². The van der Waals surface area contributed by atoms with Crippen LogP contribution in [0, 0.1) is 6.92 Å². The molecule has 2 radical (unpaired) electrons. The number of rotatable bonds is 7. The topological polar surface area (TPSA) is 57.5 Å². The fourth-order valence-electron chi connectivity index (χ4n) is 1.56. The molecule has 1 aromatic carbocycles. The number of carboxylic acids is 1. The third-order valence-electron chi connectivity index (χ3n) is 2.88. The Labute approximate surface area is 132 Å². The molecule has 112 valence electrons. The largest absolute Gasteiger partial charge is 0.507 e. The molecule has 2 N–H and O–H groups in total. The van der Waals surface area contributed by atoms with Crippen LogP contribution in [0.15, 0.2) is 18.2 Å². The van der Waals surface area contributed by atoms with Gasteiger partial charge in [-0.1, -0.05) is 12.1 Å². The van der Waals surface area contributed by atoms with Gasteiger partial charge in [0, 0.05) is 0 Å². The molecule has 0 atom stereocenters. The number of phenols is 1. The maximum Gasteiger partial charge on any atom is 0.339 e. The van der Waals surface area contributed by atoms with Gasteiger partial charge in [-0.15, -0.1) is 0 Å². The number of aromatic hydroxyl groups is 1. The molecule has 0 aliphatic carbocycles. The van der Waals surface area contributed by atoms with Gasteiger partial charge >= 0.3 is 75.5 Å². The minimum Gasteiger partial charge on any atom is -0.507 e. The van der Waals surface area contributed by atoms with E-state index in [0.29, 0.717) is 5.56 Å². The Bertz CT molecular complexity index is 385. The first kappa shape index (κ1) is 19.3. The van der Waals surface area contributed by atoms with Crippen LogP contribution in [0.3, 0.4) is 0 Å². The number of hydrogen-bond acceptors (Lipinski definition) is 2. The summed E-state index contributed by atoms with van der Waals surface area (Å²) in [5.74, 6) is -1.26. The molecule has 1 aromatic rings. The van der Waals surface area contributed by atoms with E-state index in [1.165, 1.54) is 31.7 Å². The molecule has 0 aliphatic heterocycles. The van der Waals surface area contributed by atoms with Crippen molar-refractivity contribution in [1.29, 1.82) is 0 Å². The van der Waals surface area contributed by atoms with Crippen LogP contribution in [-0.4, -0.2) is 37.3 Å². The summed E-state index contributed by atoms with van der Waals surface area (Å²) in [5.41, 5.74) is 0.523. The Morgan fingerprint density at radius 1 is 1.15 bits per heavy atom. The number of unbranched alkanes of at least 4 members (excludes halogenated alkanes) is 2. The zero-order valence-corrected chi connectivity index (χ0v) is 15.6. The van der Waals surface area contributed by atoms with Gasteiger partial charge in [0.1, 0.15) is 11.3 Å². The van der Waals surface area contributed by atoms with Gasteiger partial charge in [0.05, 0.1) is 0 Å². The number of benzene rings is 1. The summed E-state index contributed by atoms with van der Waals surface area (Å²) < 4.78 is 3.25. The Morgan fingerprint density at radius 2 is 1.70 bits per heavy atom. The average Bonchev–Trinajstić information content (AvgIpc) is 2.42. The normalized spacial score (nSPS) is 9.75. The van der Waals surface area contributed by atoms with Gasteiger partial charge in [0.15, 0.2) is 0 Å². The summed E-state index contributed by atoms with van der Waals surface area (Å²) in [6, 6.07) is 4.62. The number of aryl methyl sites for hydroxylation is 1. The van der Waals surface area contributed by atoms with Crippen LogP contribution >= 0.6 is 0 Å². The van der Waals surface area contributed by atoms with Gasteiger partial charge in [-0.2, -0.15) is 0 Å². The summed E-state index contributed by atoms with van der Waals surface area (Å²) in [7, 11) is 0. The summed E-state index contributed by atoms with van der Waals surface area (Å²) in [4.78, 5) is 10.4. The SMILES string of the molecule is CCC[CH2][Sn][CH2]CCC.Cc1cccc(C(=O)O)c1O. The summed E-state index contributed by atoms with van der Waals surface area (Å²) >= 11 is 0.149. The molecule has 1 rings (SSSR count). The molecule has 0 aliphatic rings. The molecule has 0 unspecified atom stereocenters. The number of aromatic carboxylic acids is 1. The van der Waals surface area contributed by atoms with Gasteiger partial charge < -0.3 is 10.2 Å². The molecule has 3 nitrogen and oxygen atoms in total. The molecule has 0 spiro atoms. The zero-order valence-electron chi connectivity index (χ0n) is 12.8. The van der Waals surface area contributed by atoms with E-state index < -0.39 is 5.97 Å². The van der Waals surface area contributed by atoms with Gasteiger partial charge in [-0.25, -0.2) is 4.79 Å². The van der Waals surface area contributed by atoms with Crippen molar-refractivity contribution in [3.63, 3.8) is 0 Å². The Balaban J connectivity index is 0.000000370. The molecule has 0 saturated carbocycles. The number of hydrogen-bond donors (Lipinski definition) is 2. The maximum atomic E-state index is 10.4. The van der Waals surface area contributed by atoms with E-state index in [-0.39, 0.29) is 32.5 Å². The minimum atomic E-state index is -1.11. The third-order valence-corrected chi connectivity index (χ3v) is 6.92. The van der Waals surface area contributed by atoms with Gasteiger partial charge in [-0.05, 0) is 18.6 Å². The van der Waals surface area contributed by atoms with E-state index in [9.17, 15) is 9.90 Å². The number of para-hydroxylation sites is 1. The van der Waals surface area contributed by atoms with Crippen LogP contribution < -0.4 is 0 Å². The van der Waals surface area contributed by atoms with Crippen molar-refractivity contribution in [1.82, 2.24) is 0 Å².